The summed E-state index contributed by atoms with van der Waals surface area (Å²) in [6.45, 7) is 5.13. The zero-order valence-electron chi connectivity index (χ0n) is 27.7. The van der Waals surface area contributed by atoms with E-state index in [1.165, 1.54) is 12.1 Å². The van der Waals surface area contributed by atoms with Crippen LogP contribution in [0.1, 0.15) is 57.4 Å². The van der Waals surface area contributed by atoms with Gasteiger partial charge in [-0.25, -0.2) is 13.2 Å². The number of fused-ring (bicyclic) bond motifs is 5. The lowest BCUT2D eigenvalue weighted by Crippen LogP contribution is -2.62. The van der Waals surface area contributed by atoms with Crippen molar-refractivity contribution in [1.29, 1.82) is 0 Å². The molecule has 1 aliphatic carbocycles. The van der Waals surface area contributed by atoms with Crippen LogP contribution in [0.4, 0.5) is 19.0 Å². The van der Waals surface area contributed by atoms with Gasteiger partial charge in [-0.15, -0.1) is 0 Å². The summed E-state index contributed by atoms with van der Waals surface area (Å²) < 4.78 is 59.2. The summed E-state index contributed by atoms with van der Waals surface area (Å²) in [5, 5.41) is 16.0. The van der Waals surface area contributed by atoms with Crippen LogP contribution in [0.3, 0.4) is 0 Å². The van der Waals surface area contributed by atoms with Crippen molar-refractivity contribution in [3.63, 3.8) is 0 Å². The highest BCUT2D eigenvalue weighted by atomic mass is 19.1. The van der Waals surface area contributed by atoms with Gasteiger partial charge in [-0.3, -0.25) is 9.88 Å². The van der Waals surface area contributed by atoms with Crippen LogP contribution in [0.15, 0.2) is 30.5 Å². The third-order valence-corrected chi connectivity index (χ3v) is 11.5. The maximum Gasteiger partial charge on any atom is 0.319 e. The van der Waals surface area contributed by atoms with Gasteiger partial charge in [0.2, 0.25) is 0 Å². The van der Waals surface area contributed by atoms with E-state index in [2.05, 4.69) is 25.1 Å². The molecule has 4 atom stereocenters. The van der Waals surface area contributed by atoms with Crippen molar-refractivity contribution in [3.8, 4) is 23.0 Å². The third-order valence-electron chi connectivity index (χ3n) is 11.5. The Labute approximate surface area is 282 Å². The summed E-state index contributed by atoms with van der Waals surface area (Å²) >= 11 is 0. The number of hydrogen-bond acceptors (Lipinski definition) is 9. The molecule has 49 heavy (non-hydrogen) atoms. The summed E-state index contributed by atoms with van der Waals surface area (Å²) in [5.41, 5.74) is 0.000172. The second-order valence-electron chi connectivity index (χ2n) is 14.9. The molecule has 4 aromatic rings. The molecular formula is C37H41F3N6O3. The Balaban J connectivity index is 1.16. The zero-order valence-corrected chi connectivity index (χ0v) is 27.7. The number of pyridine rings is 1. The number of phenolic OH excluding ortho intramolecular Hbond substituents is 1. The van der Waals surface area contributed by atoms with Crippen molar-refractivity contribution in [2.75, 3.05) is 44.3 Å². The van der Waals surface area contributed by atoms with E-state index in [0.717, 1.165) is 45.1 Å². The van der Waals surface area contributed by atoms with Crippen LogP contribution in [0, 0.1) is 11.6 Å². The maximum absolute atomic E-state index is 17.0. The number of ether oxygens (including phenoxy) is 2. The molecule has 2 N–H and O–H groups in total. The Morgan fingerprint density at radius 2 is 1.96 bits per heavy atom. The summed E-state index contributed by atoms with van der Waals surface area (Å²) in [7, 11) is 0. The topological polar surface area (TPSA) is 95.9 Å². The number of rotatable bonds is 9. The standard InChI is InChI=1S/C37H41F3N6O3/c1-2-26-29(39)7-4-21-12-24(47)13-27(30(21)26)32-31(40)33-28(15-41-32)34(45-17-23-8-10-36(18-45,44-23)19-48-25-5-6-25)43-35(42-33)49-20-37-9-3-11-46(37)16-22(38)14-37/h4,7,12-13,15,22-23,25,44,47H,2-3,5-6,8-11,14,16-20H2,1H3/t22-,23+,36-,37+/m1/s1. The second-order valence-corrected chi connectivity index (χ2v) is 14.9. The first kappa shape index (κ1) is 31.3. The average molecular weight is 675 g/mol. The number of nitrogens with one attached hydrogen (secondary N) is 1. The Morgan fingerprint density at radius 1 is 1.08 bits per heavy atom. The van der Waals surface area contributed by atoms with Gasteiger partial charge in [-0.05, 0) is 86.0 Å². The zero-order chi connectivity index (χ0) is 33.5. The van der Waals surface area contributed by atoms with E-state index in [9.17, 15) is 9.50 Å². The number of alkyl halides is 1. The minimum absolute atomic E-state index is 0.0253. The number of aromatic nitrogens is 3. The first-order chi connectivity index (χ1) is 23.7. The van der Waals surface area contributed by atoms with Gasteiger partial charge in [-0.2, -0.15) is 9.97 Å². The van der Waals surface area contributed by atoms with E-state index in [4.69, 9.17) is 14.5 Å². The molecule has 9 rings (SSSR count). The van der Waals surface area contributed by atoms with Gasteiger partial charge in [-0.1, -0.05) is 13.0 Å². The number of phenols is 1. The molecule has 5 aliphatic rings. The predicted octanol–water partition coefficient (Wildman–Crippen LogP) is 5.84. The lowest BCUT2D eigenvalue weighted by molar-refractivity contribution is 0.0606. The fourth-order valence-electron chi connectivity index (χ4n) is 9.01. The fraction of sp³-hybridized carbons (Fsp3) is 0.541. The summed E-state index contributed by atoms with van der Waals surface area (Å²) in [5.74, 6) is -0.666. The number of halogens is 3. The van der Waals surface area contributed by atoms with E-state index < -0.39 is 23.3 Å². The summed E-state index contributed by atoms with van der Waals surface area (Å²) in [6.07, 6.45) is 7.69. The molecule has 2 aromatic heterocycles. The van der Waals surface area contributed by atoms with Gasteiger partial charge in [0.1, 0.15) is 41.4 Å². The number of anilines is 1. The van der Waals surface area contributed by atoms with Crippen molar-refractivity contribution in [2.45, 2.75) is 87.7 Å². The van der Waals surface area contributed by atoms with Gasteiger partial charge in [0.15, 0.2) is 5.82 Å². The monoisotopic (exact) mass is 674 g/mol. The van der Waals surface area contributed by atoms with E-state index in [1.54, 1.807) is 18.3 Å². The highest BCUT2D eigenvalue weighted by molar-refractivity contribution is 6.01. The van der Waals surface area contributed by atoms with Crippen LogP contribution in [-0.2, 0) is 11.2 Å². The minimum Gasteiger partial charge on any atom is -0.508 e. The lowest BCUT2D eigenvalue weighted by atomic mass is 9.94. The molecule has 12 heteroatoms. The Kier molecular flexibility index (Phi) is 7.44. The molecule has 258 valence electrons. The molecule has 0 amide bonds. The number of benzene rings is 2. The number of nitrogens with zero attached hydrogens (tertiary/aromatic N) is 5. The molecule has 4 aliphatic heterocycles. The quantitative estimate of drug-likeness (QED) is 0.227. The second kappa shape index (κ2) is 11.7. The Morgan fingerprint density at radius 3 is 2.80 bits per heavy atom. The van der Waals surface area contributed by atoms with E-state index in [1.807, 2.05) is 6.92 Å². The Bertz CT molecular complexity index is 1960. The lowest BCUT2D eigenvalue weighted by Gasteiger charge is -2.42. The largest absolute Gasteiger partial charge is 0.508 e. The summed E-state index contributed by atoms with van der Waals surface area (Å²) in [6, 6.07) is 6.15. The van der Waals surface area contributed by atoms with Crippen molar-refractivity contribution >= 4 is 27.5 Å². The summed E-state index contributed by atoms with van der Waals surface area (Å²) in [4.78, 5) is 18.5. The average Bonchev–Trinajstić information content (AvgIpc) is 3.67. The van der Waals surface area contributed by atoms with Crippen LogP contribution in [0.2, 0.25) is 0 Å². The molecule has 2 aromatic carbocycles. The number of aryl methyl sites for hydroxylation is 1. The minimum atomic E-state index is -0.914. The van der Waals surface area contributed by atoms with E-state index in [-0.39, 0.29) is 46.7 Å². The molecule has 9 nitrogen and oxygen atoms in total. The first-order valence-corrected chi connectivity index (χ1v) is 17.7. The first-order valence-electron chi connectivity index (χ1n) is 17.7. The van der Waals surface area contributed by atoms with E-state index >= 15 is 8.78 Å². The van der Waals surface area contributed by atoms with Crippen molar-refractivity contribution < 1.29 is 27.8 Å². The van der Waals surface area contributed by atoms with Crippen LogP contribution >= 0.6 is 0 Å². The van der Waals surface area contributed by atoms with Gasteiger partial charge < -0.3 is 24.8 Å². The molecule has 2 bridgehead atoms. The van der Waals surface area contributed by atoms with Crippen LogP contribution in [-0.4, -0.2) is 93.7 Å². The normalized spacial score (nSPS) is 28.2. The molecule has 0 unspecified atom stereocenters. The number of aromatic hydroxyl groups is 1. The smallest absolute Gasteiger partial charge is 0.319 e. The van der Waals surface area contributed by atoms with E-state index in [0.29, 0.717) is 72.7 Å². The third kappa shape index (κ3) is 5.38. The Hall–Kier alpha value is -3.74. The molecule has 4 saturated heterocycles. The molecule has 6 heterocycles. The van der Waals surface area contributed by atoms with Crippen LogP contribution in [0.5, 0.6) is 11.8 Å². The van der Waals surface area contributed by atoms with Gasteiger partial charge >= 0.3 is 6.01 Å². The predicted molar refractivity (Wildman–Crippen MR) is 180 cm³/mol. The highest BCUT2D eigenvalue weighted by Crippen LogP contribution is 2.43. The number of hydrogen-bond donors (Lipinski definition) is 2. The highest BCUT2D eigenvalue weighted by Gasteiger charge is 2.50. The maximum atomic E-state index is 17.0. The van der Waals surface area contributed by atoms with Crippen LogP contribution < -0.4 is 15.0 Å². The molecule has 1 saturated carbocycles. The molecule has 0 radical (unpaired) electrons. The van der Waals surface area contributed by atoms with Gasteiger partial charge in [0.25, 0.3) is 0 Å². The molecular weight excluding hydrogens is 633 g/mol. The van der Waals surface area contributed by atoms with Crippen molar-refractivity contribution in [3.05, 3.63) is 47.7 Å². The van der Waals surface area contributed by atoms with Crippen molar-refractivity contribution in [2.24, 2.45) is 0 Å². The SMILES string of the molecule is CCc1c(F)ccc2cc(O)cc(-c3ncc4c(N5C[C@@H]6CC[C@](COC7CC7)(C5)N6)nc(OC[C@@]56CCCN5C[C@H](F)C6)nc4c3F)c12. The molecule has 0 spiro atoms. The van der Waals surface area contributed by atoms with Gasteiger partial charge in [0, 0.05) is 43.9 Å². The number of piperazine rings is 1. The van der Waals surface area contributed by atoms with Crippen molar-refractivity contribution in [1.82, 2.24) is 25.2 Å². The molecule has 5 fully saturated rings. The van der Waals surface area contributed by atoms with Gasteiger partial charge in [0.05, 0.1) is 29.2 Å². The van der Waals surface area contributed by atoms with Crippen LogP contribution in [0.25, 0.3) is 32.9 Å². The fourth-order valence-corrected chi connectivity index (χ4v) is 9.01.